The van der Waals surface area contributed by atoms with Gasteiger partial charge in [-0.05, 0) is 122 Å². The summed E-state index contributed by atoms with van der Waals surface area (Å²) in [7, 11) is 0. The van der Waals surface area contributed by atoms with Crippen molar-refractivity contribution < 1.29 is 0 Å². The minimum atomic E-state index is -0.528. The van der Waals surface area contributed by atoms with Crippen LogP contribution in [0.3, 0.4) is 0 Å². The van der Waals surface area contributed by atoms with Gasteiger partial charge >= 0.3 is 0 Å². The summed E-state index contributed by atoms with van der Waals surface area (Å²) in [6.45, 7) is 4.18. The molecule has 8 aromatic carbocycles. The normalized spacial score (nSPS) is 12.7. The highest BCUT2D eigenvalue weighted by molar-refractivity contribution is 5.97. The van der Waals surface area contributed by atoms with E-state index in [-0.39, 0.29) is 0 Å². The highest BCUT2D eigenvalue weighted by Crippen LogP contribution is 2.63. The fraction of sp³-hybridized carbons (Fsp3) is 0.0500. The van der Waals surface area contributed by atoms with E-state index in [4.69, 9.17) is 15.0 Å². The Hall–Kier alpha value is -8.01. The quantitative estimate of drug-likeness (QED) is 0.168. The van der Waals surface area contributed by atoms with Gasteiger partial charge in [-0.15, -0.1) is 0 Å². The topological polar surface area (TPSA) is 38.7 Å². The van der Waals surface area contributed by atoms with E-state index in [1.54, 1.807) is 0 Å². The zero-order valence-corrected chi connectivity index (χ0v) is 35.0. The van der Waals surface area contributed by atoms with Crippen LogP contribution in [-0.2, 0) is 5.41 Å². The molecule has 10 aromatic rings. The van der Waals surface area contributed by atoms with Crippen LogP contribution in [0.4, 0.5) is 0 Å². The van der Waals surface area contributed by atoms with Crippen LogP contribution in [0.25, 0.3) is 89.4 Å². The molecule has 0 radical (unpaired) electrons. The molecule has 0 fully saturated rings. The van der Waals surface area contributed by atoms with Crippen LogP contribution in [0.15, 0.2) is 212 Å². The van der Waals surface area contributed by atoms with Crippen molar-refractivity contribution in [1.82, 2.24) is 15.0 Å². The molecule has 1 spiro atoms. The van der Waals surface area contributed by atoms with Crippen molar-refractivity contribution in [2.75, 3.05) is 0 Å². The fourth-order valence-electron chi connectivity index (χ4n) is 10.4. The highest BCUT2D eigenvalue weighted by atomic mass is 14.9. The number of pyridine rings is 1. The van der Waals surface area contributed by atoms with E-state index in [9.17, 15) is 0 Å². The SMILES string of the molecule is Cc1nc(-c2ccc3c(c2)C2(c4ccccc4-c4ccccc42)c2cc(-c4cccc(-c5cnc(-c6ccccc6)cc5C)c4)ccc2-3)cc(-c2ccccc2-c2ccccc2)n1. The summed E-state index contributed by atoms with van der Waals surface area (Å²) >= 11 is 0. The van der Waals surface area contributed by atoms with Crippen molar-refractivity contribution in [3.05, 3.63) is 246 Å². The molecule has 0 aliphatic heterocycles. The molecule has 296 valence electrons. The Morgan fingerprint density at radius 2 is 0.810 bits per heavy atom. The van der Waals surface area contributed by atoms with E-state index < -0.39 is 5.41 Å². The first-order valence-electron chi connectivity index (χ1n) is 21.7. The Morgan fingerprint density at radius 1 is 0.302 bits per heavy atom. The average molecular weight is 804 g/mol. The monoisotopic (exact) mass is 803 g/mol. The lowest BCUT2D eigenvalue weighted by atomic mass is 9.70. The second-order valence-corrected chi connectivity index (χ2v) is 16.8. The lowest BCUT2D eigenvalue weighted by Gasteiger charge is -2.31. The van der Waals surface area contributed by atoms with Gasteiger partial charge in [0.15, 0.2) is 0 Å². The van der Waals surface area contributed by atoms with Crippen molar-refractivity contribution >= 4 is 0 Å². The van der Waals surface area contributed by atoms with Gasteiger partial charge in [-0.3, -0.25) is 4.98 Å². The first-order chi connectivity index (χ1) is 31.0. The van der Waals surface area contributed by atoms with Crippen LogP contribution in [0.1, 0.15) is 33.6 Å². The van der Waals surface area contributed by atoms with Gasteiger partial charge in [0.1, 0.15) is 5.82 Å². The number of aryl methyl sites for hydroxylation is 2. The van der Waals surface area contributed by atoms with Crippen molar-refractivity contribution in [2.45, 2.75) is 19.3 Å². The zero-order valence-electron chi connectivity index (χ0n) is 35.0. The third-order valence-corrected chi connectivity index (χ3v) is 13.2. The molecule has 0 N–H and O–H groups in total. The predicted octanol–water partition coefficient (Wildman–Crippen LogP) is 14.8. The van der Waals surface area contributed by atoms with Crippen LogP contribution in [0.2, 0.25) is 0 Å². The summed E-state index contributed by atoms with van der Waals surface area (Å²) in [5.74, 6) is 0.741. The summed E-state index contributed by atoms with van der Waals surface area (Å²) in [5, 5.41) is 0. The smallest absolute Gasteiger partial charge is 0.126 e. The number of hydrogen-bond acceptors (Lipinski definition) is 3. The van der Waals surface area contributed by atoms with Gasteiger partial charge in [0.05, 0.1) is 22.5 Å². The van der Waals surface area contributed by atoms with E-state index in [1.165, 1.54) is 61.2 Å². The van der Waals surface area contributed by atoms with E-state index in [0.29, 0.717) is 0 Å². The Labute approximate surface area is 368 Å². The lowest BCUT2D eigenvalue weighted by molar-refractivity contribution is 0.794. The standard InChI is InChI=1S/C60H41N3/c1-38-32-57(41-18-7-4-8-19-41)61-37-52(38)44-21-15-20-42(33-44)43-28-30-49-50-31-29-45(58-36-59(63-39(2)62-58)51-25-10-9-22-46(51)40-16-5-3-6-17-40)35-56(50)60(55(49)34-43)53-26-13-11-23-47(53)48-24-12-14-27-54(48)60/h3-37H,1-2H3. The van der Waals surface area contributed by atoms with E-state index >= 15 is 0 Å². The number of aromatic nitrogens is 3. The van der Waals surface area contributed by atoms with Crippen LogP contribution in [-0.4, -0.2) is 15.0 Å². The Morgan fingerprint density at radius 3 is 1.49 bits per heavy atom. The number of fused-ring (bicyclic) bond motifs is 10. The number of benzene rings is 8. The lowest BCUT2D eigenvalue weighted by Crippen LogP contribution is -2.26. The van der Waals surface area contributed by atoms with Crippen molar-refractivity contribution in [2.24, 2.45) is 0 Å². The Bertz CT molecular complexity index is 3380. The highest BCUT2D eigenvalue weighted by Gasteiger charge is 2.51. The summed E-state index contributed by atoms with van der Waals surface area (Å²) in [5.41, 5.74) is 24.0. The molecular formula is C60H41N3. The molecule has 2 heterocycles. The molecular weight excluding hydrogens is 763 g/mol. The minimum Gasteiger partial charge on any atom is -0.256 e. The molecule has 3 nitrogen and oxygen atoms in total. The second kappa shape index (κ2) is 14.6. The Balaban J connectivity index is 1.01. The number of hydrogen-bond donors (Lipinski definition) is 0. The Kier molecular flexibility index (Phi) is 8.52. The molecule has 0 unspecified atom stereocenters. The van der Waals surface area contributed by atoms with Crippen molar-refractivity contribution in [1.29, 1.82) is 0 Å². The van der Waals surface area contributed by atoms with Crippen molar-refractivity contribution in [3.63, 3.8) is 0 Å². The van der Waals surface area contributed by atoms with E-state index in [1.807, 2.05) is 19.2 Å². The van der Waals surface area contributed by atoms with Gasteiger partial charge in [-0.2, -0.15) is 0 Å². The number of nitrogens with zero attached hydrogens (tertiary/aromatic N) is 3. The molecule has 2 aromatic heterocycles. The largest absolute Gasteiger partial charge is 0.256 e. The van der Waals surface area contributed by atoms with Crippen LogP contribution in [0.5, 0.6) is 0 Å². The maximum Gasteiger partial charge on any atom is 0.126 e. The molecule has 0 atom stereocenters. The summed E-state index contributed by atoms with van der Waals surface area (Å²) in [4.78, 5) is 15.0. The summed E-state index contributed by atoms with van der Waals surface area (Å²) < 4.78 is 0. The molecule has 2 aliphatic rings. The predicted molar refractivity (Wildman–Crippen MR) is 258 cm³/mol. The van der Waals surface area contributed by atoms with Gasteiger partial charge in [0.2, 0.25) is 0 Å². The third-order valence-electron chi connectivity index (χ3n) is 13.2. The molecule has 63 heavy (non-hydrogen) atoms. The molecule has 0 saturated heterocycles. The summed E-state index contributed by atoms with van der Waals surface area (Å²) in [6, 6.07) is 74.9. The van der Waals surface area contributed by atoms with E-state index in [2.05, 4.69) is 207 Å². The molecule has 0 saturated carbocycles. The number of rotatable bonds is 6. The van der Waals surface area contributed by atoms with Crippen LogP contribution >= 0.6 is 0 Å². The van der Waals surface area contributed by atoms with Gasteiger partial charge in [-0.25, -0.2) is 9.97 Å². The zero-order chi connectivity index (χ0) is 42.1. The average Bonchev–Trinajstić information content (AvgIpc) is 3.81. The van der Waals surface area contributed by atoms with Gasteiger partial charge < -0.3 is 0 Å². The van der Waals surface area contributed by atoms with Crippen LogP contribution in [0, 0.1) is 13.8 Å². The van der Waals surface area contributed by atoms with Gasteiger partial charge in [-0.1, -0.05) is 176 Å². The maximum absolute atomic E-state index is 5.11. The minimum absolute atomic E-state index is 0.528. The molecule has 0 bridgehead atoms. The molecule has 12 rings (SSSR count). The first kappa shape index (κ1) is 36.8. The fourth-order valence-corrected chi connectivity index (χ4v) is 10.4. The summed E-state index contributed by atoms with van der Waals surface area (Å²) in [6.07, 6.45) is 2.03. The van der Waals surface area contributed by atoms with E-state index in [0.717, 1.165) is 61.9 Å². The van der Waals surface area contributed by atoms with Crippen LogP contribution < -0.4 is 0 Å². The molecule has 3 heteroatoms. The second-order valence-electron chi connectivity index (χ2n) is 16.8. The van der Waals surface area contributed by atoms with Gasteiger partial charge in [0, 0.05) is 28.5 Å². The third kappa shape index (κ3) is 5.85. The van der Waals surface area contributed by atoms with Crippen molar-refractivity contribution in [3.8, 4) is 89.4 Å². The maximum atomic E-state index is 5.11. The molecule has 2 aliphatic carbocycles. The first-order valence-corrected chi connectivity index (χ1v) is 21.7. The molecule has 0 amide bonds. The van der Waals surface area contributed by atoms with Gasteiger partial charge in [0.25, 0.3) is 0 Å².